The van der Waals surface area contributed by atoms with E-state index in [9.17, 15) is 18.0 Å². The number of alkyl halides is 3. The minimum absolute atomic E-state index is 0.145. The van der Waals surface area contributed by atoms with Crippen LogP contribution in [0.5, 0.6) is 0 Å². The van der Waals surface area contributed by atoms with Crippen LogP contribution >= 0.6 is 11.3 Å². The summed E-state index contributed by atoms with van der Waals surface area (Å²) in [7, 11) is 0. The van der Waals surface area contributed by atoms with Crippen LogP contribution in [0.1, 0.15) is 26.9 Å². The van der Waals surface area contributed by atoms with Gasteiger partial charge < -0.3 is 13.8 Å². The lowest BCUT2D eigenvalue weighted by Crippen LogP contribution is -2.32. The number of carbonyl (C=O) groups excluding carboxylic acids is 1. The van der Waals surface area contributed by atoms with Gasteiger partial charge in [-0.2, -0.15) is 18.2 Å². The molecule has 4 aromatic rings. The highest BCUT2D eigenvalue weighted by atomic mass is 32.1. The zero-order valence-corrected chi connectivity index (χ0v) is 16.8. The molecule has 3 heterocycles. The number of nitrogens with zero attached hydrogens (tertiary/aromatic N) is 3. The predicted molar refractivity (Wildman–Crippen MR) is 106 cm³/mol. The molecular weight excluding hydrogens is 431 g/mol. The molecule has 0 spiro atoms. The fourth-order valence-corrected chi connectivity index (χ4v) is 3.60. The predicted octanol–water partition coefficient (Wildman–Crippen LogP) is 5.30. The summed E-state index contributed by atoms with van der Waals surface area (Å²) in [6, 6.07) is 11.6. The highest BCUT2D eigenvalue weighted by Crippen LogP contribution is 2.30. The topological polar surface area (TPSA) is 72.4 Å². The maximum atomic E-state index is 12.8. The number of benzene rings is 1. The molecule has 31 heavy (non-hydrogen) atoms. The van der Waals surface area contributed by atoms with Crippen molar-refractivity contribution in [2.24, 2.45) is 0 Å². The number of thiophene rings is 1. The summed E-state index contributed by atoms with van der Waals surface area (Å²) in [5.41, 5.74) is -0.342. The number of hydrogen-bond donors (Lipinski definition) is 0. The second kappa shape index (κ2) is 8.76. The molecule has 0 atom stereocenters. The maximum absolute atomic E-state index is 12.8. The van der Waals surface area contributed by atoms with E-state index in [1.54, 1.807) is 29.2 Å². The first-order valence-electron chi connectivity index (χ1n) is 9.25. The van der Waals surface area contributed by atoms with Crippen molar-refractivity contribution in [3.8, 4) is 11.4 Å². The van der Waals surface area contributed by atoms with Gasteiger partial charge in [-0.1, -0.05) is 23.4 Å². The van der Waals surface area contributed by atoms with Gasteiger partial charge in [0.05, 0.1) is 23.2 Å². The van der Waals surface area contributed by atoms with Crippen LogP contribution in [0.2, 0.25) is 0 Å². The zero-order valence-electron chi connectivity index (χ0n) is 16.0. The number of aromatic nitrogens is 2. The third-order valence-electron chi connectivity index (χ3n) is 4.48. The Balaban J connectivity index is 1.45. The highest BCUT2D eigenvalue weighted by molar-refractivity contribution is 7.12. The van der Waals surface area contributed by atoms with Crippen LogP contribution in [0.15, 0.2) is 69.1 Å². The van der Waals surface area contributed by atoms with Crippen molar-refractivity contribution < 1.29 is 26.9 Å². The van der Waals surface area contributed by atoms with Gasteiger partial charge in [0.25, 0.3) is 5.91 Å². The van der Waals surface area contributed by atoms with E-state index in [4.69, 9.17) is 8.94 Å². The van der Waals surface area contributed by atoms with Gasteiger partial charge in [-0.25, -0.2) is 0 Å². The van der Waals surface area contributed by atoms with Gasteiger partial charge in [-0.05, 0) is 35.7 Å². The molecule has 1 aromatic carbocycles. The van der Waals surface area contributed by atoms with E-state index < -0.39 is 11.7 Å². The van der Waals surface area contributed by atoms with Crippen molar-refractivity contribution in [1.29, 1.82) is 0 Å². The van der Waals surface area contributed by atoms with E-state index in [0.29, 0.717) is 22.7 Å². The normalized spacial score (nSPS) is 11.6. The van der Waals surface area contributed by atoms with Crippen LogP contribution in [0.4, 0.5) is 13.2 Å². The van der Waals surface area contributed by atoms with Gasteiger partial charge in [-0.15, -0.1) is 11.3 Å². The van der Waals surface area contributed by atoms with Crippen molar-refractivity contribution in [2.45, 2.75) is 19.1 Å². The lowest BCUT2D eigenvalue weighted by atomic mass is 10.1. The van der Waals surface area contributed by atoms with E-state index in [1.807, 2.05) is 5.38 Å². The summed E-state index contributed by atoms with van der Waals surface area (Å²) in [5, 5.41) is 5.67. The number of hydrogen-bond acceptors (Lipinski definition) is 6. The Morgan fingerprint density at radius 2 is 1.90 bits per heavy atom. The van der Waals surface area contributed by atoms with Gasteiger partial charge in [0, 0.05) is 18.5 Å². The Morgan fingerprint density at radius 1 is 1.10 bits per heavy atom. The van der Waals surface area contributed by atoms with Crippen molar-refractivity contribution in [1.82, 2.24) is 15.0 Å². The Hall–Kier alpha value is -3.40. The van der Waals surface area contributed by atoms with E-state index in [1.165, 1.54) is 29.7 Å². The van der Waals surface area contributed by atoms with Crippen LogP contribution in [-0.2, 0) is 19.1 Å². The standard InChI is InChI=1S/C21H16F3N3O3S/c22-21(23,24)15-7-5-14(6-8-15)19-25-18(30-26-19)9-10-27(13-16-3-1-11-29-16)20(28)17-4-2-12-31-17/h1-8,11-12H,9-10,13H2. The van der Waals surface area contributed by atoms with Crippen LogP contribution < -0.4 is 0 Å². The van der Waals surface area contributed by atoms with Gasteiger partial charge in [0.2, 0.25) is 11.7 Å². The summed E-state index contributed by atoms with van der Waals surface area (Å²) in [6.45, 7) is 0.579. The number of rotatable bonds is 7. The third kappa shape index (κ3) is 5.02. The lowest BCUT2D eigenvalue weighted by molar-refractivity contribution is -0.137. The Kier molecular flexibility index (Phi) is 5.90. The molecule has 0 saturated carbocycles. The summed E-state index contributed by atoms with van der Waals surface area (Å²) in [5.74, 6) is 0.957. The lowest BCUT2D eigenvalue weighted by Gasteiger charge is -2.20. The van der Waals surface area contributed by atoms with Gasteiger partial charge in [0.15, 0.2) is 0 Å². The van der Waals surface area contributed by atoms with Gasteiger partial charge in [0.1, 0.15) is 5.76 Å². The van der Waals surface area contributed by atoms with E-state index in [-0.39, 0.29) is 30.6 Å². The first-order chi connectivity index (χ1) is 14.9. The summed E-state index contributed by atoms with van der Waals surface area (Å²) < 4.78 is 48.7. The molecule has 0 saturated heterocycles. The van der Waals surface area contributed by atoms with E-state index in [0.717, 1.165) is 12.1 Å². The fourth-order valence-electron chi connectivity index (χ4n) is 2.91. The van der Waals surface area contributed by atoms with Crippen LogP contribution in [0.25, 0.3) is 11.4 Å². The molecule has 0 fully saturated rings. The van der Waals surface area contributed by atoms with E-state index in [2.05, 4.69) is 10.1 Å². The van der Waals surface area contributed by atoms with Gasteiger partial charge >= 0.3 is 6.18 Å². The summed E-state index contributed by atoms with van der Waals surface area (Å²) in [4.78, 5) is 19.3. The molecule has 1 amide bonds. The summed E-state index contributed by atoms with van der Waals surface area (Å²) >= 11 is 1.34. The van der Waals surface area contributed by atoms with Crippen LogP contribution in [0, 0.1) is 0 Å². The number of carbonyl (C=O) groups is 1. The second-order valence-corrected chi connectivity index (χ2v) is 7.57. The third-order valence-corrected chi connectivity index (χ3v) is 5.34. The average Bonchev–Trinajstić information content (AvgIpc) is 3.53. The van der Waals surface area contributed by atoms with Crippen molar-refractivity contribution >= 4 is 17.2 Å². The van der Waals surface area contributed by atoms with Crippen molar-refractivity contribution in [3.05, 3.63) is 82.3 Å². The number of furan rings is 1. The largest absolute Gasteiger partial charge is 0.467 e. The maximum Gasteiger partial charge on any atom is 0.416 e. The van der Waals surface area contributed by atoms with Crippen molar-refractivity contribution in [3.63, 3.8) is 0 Å². The SMILES string of the molecule is O=C(c1cccs1)N(CCc1nc(-c2ccc(C(F)(F)F)cc2)no1)Cc1ccco1. The van der Waals surface area contributed by atoms with Crippen LogP contribution in [-0.4, -0.2) is 27.5 Å². The Morgan fingerprint density at radius 3 is 2.55 bits per heavy atom. The quantitative estimate of drug-likeness (QED) is 0.385. The Bertz CT molecular complexity index is 1120. The minimum atomic E-state index is -4.41. The Labute approximate surface area is 178 Å². The highest BCUT2D eigenvalue weighted by Gasteiger charge is 2.30. The van der Waals surface area contributed by atoms with Crippen LogP contribution in [0.3, 0.4) is 0 Å². The molecule has 0 aliphatic rings. The molecule has 6 nitrogen and oxygen atoms in total. The molecule has 0 radical (unpaired) electrons. The number of amides is 1. The molecular formula is C21H16F3N3O3S. The van der Waals surface area contributed by atoms with E-state index >= 15 is 0 Å². The molecule has 0 bridgehead atoms. The minimum Gasteiger partial charge on any atom is -0.467 e. The molecule has 0 aliphatic heterocycles. The second-order valence-electron chi connectivity index (χ2n) is 6.62. The number of halogens is 3. The zero-order chi connectivity index (χ0) is 21.8. The average molecular weight is 447 g/mol. The molecule has 10 heteroatoms. The summed E-state index contributed by atoms with van der Waals surface area (Å²) in [6.07, 6.45) is -2.59. The van der Waals surface area contributed by atoms with Gasteiger partial charge in [-0.3, -0.25) is 4.79 Å². The molecule has 3 aromatic heterocycles. The molecule has 0 aliphatic carbocycles. The first kappa shape index (κ1) is 20.9. The molecule has 4 rings (SSSR count). The van der Waals surface area contributed by atoms with Crippen molar-refractivity contribution in [2.75, 3.05) is 6.54 Å². The fraction of sp³-hybridized carbons (Fsp3) is 0.190. The molecule has 0 N–H and O–H groups in total. The first-order valence-corrected chi connectivity index (χ1v) is 10.1. The smallest absolute Gasteiger partial charge is 0.416 e. The molecule has 0 unspecified atom stereocenters. The monoisotopic (exact) mass is 447 g/mol. The molecule has 160 valence electrons.